The summed E-state index contributed by atoms with van der Waals surface area (Å²) in [5, 5.41) is 19.5. The lowest BCUT2D eigenvalue weighted by atomic mass is 10.2. The van der Waals surface area contributed by atoms with Gasteiger partial charge in [0.1, 0.15) is 22.4 Å². The second-order valence-electron chi connectivity index (χ2n) is 6.36. The molecular formula is C20H16ClFN8S. The van der Waals surface area contributed by atoms with E-state index in [0.717, 1.165) is 11.5 Å². The molecule has 3 heterocycles. The van der Waals surface area contributed by atoms with Gasteiger partial charge in [-0.1, -0.05) is 22.9 Å². The Morgan fingerprint density at radius 2 is 1.97 bits per heavy atom. The van der Waals surface area contributed by atoms with Crippen LogP contribution < -0.4 is 21.7 Å². The number of thiazole rings is 1. The molecule has 0 aliphatic rings. The number of fused-ring (bicyclic) bond motifs is 1. The van der Waals surface area contributed by atoms with Crippen LogP contribution in [0.2, 0.25) is 5.02 Å². The predicted molar refractivity (Wildman–Crippen MR) is 122 cm³/mol. The highest BCUT2D eigenvalue weighted by Gasteiger charge is 2.15. The number of aromatic nitrogens is 3. The maximum Gasteiger partial charge on any atom is 0.189 e. The van der Waals surface area contributed by atoms with Crippen molar-refractivity contribution in [2.75, 3.05) is 29.0 Å². The maximum atomic E-state index is 13.5. The Morgan fingerprint density at radius 3 is 2.68 bits per heavy atom. The number of nitriles is 1. The van der Waals surface area contributed by atoms with Crippen molar-refractivity contribution in [1.82, 2.24) is 15.0 Å². The highest BCUT2D eigenvalue weighted by Crippen LogP contribution is 2.36. The smallest absolute Gasteiger partial charge is 0.189 e. The number of halogens is 2. The summed E-state index contributed by atoms with van der Waals surface area (Å²) in [6, 6.07) is 10.1. The van der Waals surface area contributed by atoms with Gasteiger partial charge in [-0.3, -0.25) is 0 Å². The molecule has 0 atom stereocenters. The first kappa shape index (κ1) is 20.7. The molecule has 4 aromatic rings. The minimum absolute atomic E-state index is 0.0163. The SMILES string of the molecule is N#Cc1cnc2nc(Nc3ccc(NCCN)nc3)sc2c1Nc1ccc(F)c(Cl)c1. The molecule has 0 fully saturated rings. The molecule has 0 unspecified atom stereocenters. The summed E-state index contributed by atoms with van der Waals surface area (Å²) in [6.45, 7) is 1.16. The molecule has 0 aliphatic heterocycles. The van der Waals surface area contributed by atoms with Crippen molar-refractivity contribution < 1.29 is 4.39 Å². The average Bonchev–Trinajstić information content (AvgIpc) is 3.19. The van der Waals surface area contributed by atoms with E-state index in [9.17, 15) is 9.65 Å². The number of nitrogens with zero attached hydrogens (tertiary/aromatic N) is 4. The fourth-order valence-electron chi connectivity index (χ4n) is 2.75. The lowest BCUT2D eigenvalue weighted by molar-refractivity contribution is 0.628. The van der Waals surface area contributed by atoms with Gasteiger partial charge in [0.25, 0.3) is 0 Å². The minimum Gasteiger partial charge on any atom is -0.369 e. The first-order valence-electron chi connectivity index (χ1n) is 9.16. The van der Waals surface area contributed by atoms with Crippen molar-refractivity contribution >= 4 is 61.3 Å². The third kappa shape index (κ3) is 4.64. The van der Waals surface area contributed by atoms with Crippen LogP contribution in [0.5, 0.6) is 0 Å². The average molecular weight is 455 g/mol. The first-order valence-corrected chi connectivity index (χ1v) is 10.4. The van der Waals surface area contributed by atoms with E-state index in [0.29, 0.717) is 45.5 Å². The van der Waals surface area contributed by atoms with E-state index in [1.54, 1.807) is 12.3 Å². The van der Waals surface area contributed by atoms with Gasteiger partial charge in [0.05, 0.1) is 28.2 Å². The van der Waals surface area contributed by atoms with Crippen LogP contribution in [0.1, 0.15) is 5.56 Å². The van der Waals surface area contributed by atoms with Crippen molar-refractivity contribution in [2.24, 2.45) is 5.73 Å². The van der Waals surface area contributed by atoms with E-state index >= 15 is 0 Å². The molecule has 0 spiro atoms. The van der Waals surface area contributed by atoms with Crippen LogP contribution >= 0.6 is 22.9 Å². The Morgan fingerprint density at radius 1 is 1.13 bits per heavy atom. The van der Waals surface area contributed by atoms with Gasteiger partial charge in [-0.15, -0.1) is 0 Å². The standard InChI is InChI=1S/C20H16ClFN8S/c21-14-7-12(1-3-15(14)22)28-17-11(8-24)9-27-19-18(17)31-20(30-19)29-13-2-4-16(26-10-13)25-6-5-23/h1-4,7,9-10H,5-6,23H2,(H,25,26)(H2,27,28,29,30). The van der Waals surface area contributed by atoms with Gasteiger partial charge in [0, 0.05) is 25.0 Å². The van der Waals surface area contributed by atoms with E-state index in [1.807, 2.05) is 12.1 Å². The van der Waals surface area contributed by atoms with Gasteiger partial charge in [-0.25, -0.2) is 14.4 Å². The van der Waals surface area contributed by atoms with Crippen LogP contribution in [0, 0.1) is 17.1 Å². The second-order valence-corrected chi connectivity index (χ2v) is 7.76. The van der Waals surface area contributed by atoms with Crippen molar-refractivity contribution in [2.45, 2.75) is 0 Å². The van der Waals surface area contributed by atoms with Gasteiger partial charge >= 0.3 is 0 Å². The van der Waals surface area contributed by atoms with Crippen LogP contribution in [-0.2, 0) is 0 Å². The lowest BCUT2D eigenvalue weighted by Crippen LogP contribution is -2.13. The van der Waals surface area contributed by atoms with Gasteiger partial charge < -0.3 is 21.7 Å². The molecule has 0 saturated heterocycles. The topological polar surface area (TPSA) is 125 Å². The van der Waals surface area contributed by atoms with Crippen LogP contribution in [0.4, 0.5) is 32.4 Å². The van der Waals surface area contributed by atoms with Crippen molar-refractivity contribution in [3.63, 3.8) is 0 Å². The third-order valence-electron chi connectivity index (χ3n) is 4.20. The predicted octanol–water partition coefficient (Wildman–Crippen LogP) is 4.61. The second kappa shape index (κ2) is 9.09. The van der Waals surface area contributed by atoms with Crippen molar-refractivity contribution in [3.05, 3.63) is 59.1 Å². The van der Waals surface area contributed by atoms with Crippen molar-refractivity contribution in [3.8, 4) is 6.07 Å². The fourth-order valence-corrected chi connectivity index (χ4v) is 3.88. The Kier molecular flexibility index (Phi) is 6.08. The van der Waals surface area contributed by atoms with Gasteiger partial charge in [-0.05, 0) is 30.3 Å². The molecule has 31 heavy (non-hydrogen) atoms. The molecule has 0 radical (unpaired) electrons. The summed E-state index contributed by atoms with van der Waals surface area (Å²) < 4.78 is 14.2. The van der Waals surface area contributed by atoms with Crippen LogP contribution in [-0.4, -0.2) is 28.0 Å². The number of rotatable bonds is 7. The number of anilines is 5. The summed E-state index contributed by atoms with van der Waals surface area (Å²) >= 11 is 7.20. The largest absolute Gasteiger partial charge is 0.369 e. The number of nitrogens with one attached hydrogen (secondary N) is 3. The maximum absolute atomic E-state index is 13.5. The Bertz CT molecular complexity index is 1270. The zero-order valence-corrected chi connectivity index (χ0v) is 17.6. The van der Waals surface area contributed by atoms with Crippen LogP contribution in [0.25, 0.3) is 10.3 Å². The zero-order valence-electron chi connectivity index (χ0n) is 16.0. The van der Waals surface area contributed by atoms with Gasteiger partial charge in [0.15, 0.2) is 10.8 Å². The lowest BCUT2D eigenvalue weighted by Gasteiger charge is -2.09. The molecule has 5 N–H and O–H groups in total. The molecule has 0 bridgehead atoms. The van der Waals surface area contributed by atoms with Crippen molar-refractivity contribution in [1.29, 1.82) is 5.26 Å². The quantitative estimate of drug-likeness (QED) is 0.319. The molecule has 1 aromatic carbocycles. The highest BCUT2D eigenvalue weighted by atomic mass is 35.5. The molecule has 8 nitrogen and oxygen atoms in total. The molecule has 0 aliphatic carbocycles. The normalized spacial score (nSPS) is 10.6. The van der Waals surface area contributed by atoms with Gasteiger partial charge in [0.2, 0.25) is 0 Å². The van der Waals surface area contributed by atoms with E-state index in [2.05, 4.69) is 37.0 Å². The molecular weight excluding hydrogens is 439 g/mol. The highest BCUT2D eigenvalue weighted by molar-refractivity contribution is 7.22. The summed E-state index contributed by atoms with van der Waals surface area (Å²) in [5.41, 5.74) is 8.10. The minimum atomic E-state index is -0.519. The number of pyridine rings is 2. The fraction of sp³-hybridized carbons (Fsp3) is 0.100. The molecule has 11 heteroatoms. The van der Waals surface area contributed by atoms with E-state index in [-0.39, 0.29) is 5.02 Å². The third-order valence-corrected chi connectivity index (χ3v) is 5.46. The van der Waals surface area contributed by atoms with E-state index in [4.69, 9.17) is 17.3 Å². The number of hydrogen-bond acceptors (Lipinski definition) is 9. The molecule has 4 rings (SSSR count). The summed E-state index contributed by atoms with van der Waals surface area (Å²) in [4.78, 5) is 13.1. The summed E-state index contributed by atoms with van der Waals surface area (Å²) in [6.07, 6.45) is 3.12. The Labute approximate surface area is 185 Å². The van der Waals surface area contributed by atoms with Gasteiger partial charge in [-0.2, -0.15) is 10.2 Å². The number of hydrogen-bond donors (Lipinski definition) is 4. The molecule has 3 aromatic heterocycles. The van der Waals surface area contributed by atoms with Crippen LogP contribution in [0.15, 0.2) is 42.7 Å². The summed E-state index contributed by atoms with van der Waals surface area (Å²) in [5.74, 6) is 0.208. The Hall–Kier alpha value is -3.52. The van der Waals surface area contributed by atoms with E-state index in [1.165, 1.54) is 29.7 Å². The first-order chi connectivity index (χ1) is 15.1. The van der Waals surface area contributed by atoms with E-state index < -0.39 is 5.82 Å². The van der Waals surface area contributed by atoms with Crippen LogP contribution in [0.3, 0.4) is 0 Å². The zero-order chi connectivity index (χ0) is 21.8. The Balaban J connectivity index is 1.63. The molecule has 0 amide bonds. The monoisotopic (exact) mass is 454 g/mol. The number of benzene rings is 1. The molecule has 156 valence electrons. The molecule has 0 saturated carbocycles. The number of nitrogens with two attached hydrogens (primary N) is 1. The summed E-state index contributed by atoms with van der Waals surface area (Å²) in [7, 11) is 0.